The first-order valence-corrected chi connectivity index (χ1v) is 6.82. The number of hydrogen-bond donors (Lipinski definition) is 2. The minimum atomic E-state index is -0.606. The minimum absolute atomic E-state index is 0.0564. The number of carbonyl (C=O) groups excluding carboxylic acids is 1. The van der Waals surface area contributed by atoms with Gasteiger partial charge in [-0.05, 0) is 43.7 Å². The van der Waals surface area contributed by atoms with Crippen LogP contribution in [0.25, 0.3) is 0 Å². The average molecular weight is 285 g/mol. The molecule has 21 heavy (non-hydrogen) atoms. The zero-order chi connectivity index (χ0) is 15.2. The van der Waals surface area contributed by atoms with Crippen molar-refractivity contribution in [1.82, 2.24) is 0 Å². The Balaban J connectivity index is 1.97. The summed E-state index contributed by atoms with van der Waals surface area (Å²) in [4.78, 5) is 12.1. The smallest absolute Gasteiger partial charge is 0.265 e. The minimum Gasteiger partial charge on any atom is -0.481 e. The van der Waals surface area contributed by atoms with Gasteiger partial charge in [0.2, 0.25) is 0 Å². The molecule has 2 N–H and O–H groups in total. The third-order valence-electron chi connectivity index (χ3n) is 3.08. The van der Waals surface area contributed by atoms with Crippen molar-refractivity contribution in [2.24, 2.45) is 0 Å². The first-order valence-electron chi connectivity index (χ1n) is 6.82. The van der Waals surface area contributed by atoms with Crippen LogP contribution in [0, 0.1) is 6.92 Å². The fraction of sp³-hybridized carbons (Fsp3) is 0.235. The first-order chi connectivity index (χ1) is 10.1. The molecular weight excluding hydrogens is 266 g/mol. The molecule has 0 aromatic heterocycles. The van der Waals surface area contributed by atoms with Gasteiger partial charge in [0.05, 0.1) is 6.61 Å². The van der Waals surface area contributed by atoms with Crippen LogP contribution in [0.15, 0.2) is 48.5 Å². The van der Waals surface area contributed by atoms with Crippen LogP contribution in [0.4, 0.5) is 5.69 Å². The molecule has 0 saturated carbocycles. The van der Waals surface area contributed by atoms with Crippen LogP contribution in [0.5, 0.6) is 5.75 Å². The maximum Gasteiger partial charge on any atom is 0.265 e. The van der Waals surface area contributed by atoms with E-state index in [1.54, 1.807) is 31.2 Å². The zero-order valence-corrected chi connectivity index (χ0v) is 12.2. The topological polar surface area (TPSA) is 58.6 Å². The lowest BCUT2D eigenvalue weighted by Gasteiger charge is -2.15. The fourth-order valence-corrected chi connectivity index (χ4v) is 1.87. The number of nitrogens with one attached hydrogen (secondary N) is 1. The van der Waals surface area contributed by atoms with E-state index in [1.807, 2.05) is 31.2 Å². The SMILES string of the molecule is Cc1ccc(OC(C)C(=O)Nc2cccc(CO)c2)cc1. The maximum atomic E-state index is 12.1. The van der Waals surface area contributed by atoms with E-state index in [4.69, 9.17) is 9.84 Å². The molecule has 1 unspecified atom stereocenters. The summed E-state index contributed by atoms with van der Waals surface area (Å²) in [5.41, 5.74) is 2.53. The number of rotatable bonds is 5. The number of carbonyl (C=O) groups is 1. The molecule has 0 spiro atoms. The molecule has 0 aliphatic carbocycles. The van der Waals surface area contributed by atoms with Crippen molar-refractivity contribution in [3.05, 3.63) is 59.7 Å². The van der Waals surface area contributed by atoms with E-state index < -0.39 is 6.10 Å². The Morgan fingerprint density at radius 3 is 2.62 bits per heavy atom. The van der Waals surface area contributed by atoms with Gasteiger partial charge < -0.3 is 15.2 Å². The van der Waals surface area contributed by atoms with Gasteiger partial charge in [0.25, 0.3) is 5.91 Å². The van der Waals surface area contributed by atoms with Gasteiger partial charge >= 0.3 is 0 Å². The highest BCUT2D eigenvalue weighted by Gasteiger charge is 2.14. The van der Waals surface area contributed by atoms with E-state index in [-0.39, 0.29) is 12.5 Å². The Morgan fingerprint density at radius 1 is 1.24 bits per heavy atom. The number of benzene rings is 2. The molecule has 0 aliphatic rings. The molecule has 0 saturated heterocycles. The third kappa shape index (κ3) is 4.33. The highest BCUT2D eigenvalue weighted by Crippen LogP contribution is 2.15. The third-order valence-corrected chi connectivity index (χ3v) is 3.08. The molecule has 2 aromatic rings. The highest BCUT2D eigenvalue weighted by molar-refractivity contribution is 5.94. The van der Waals surface area contributed by atoms with Gasteiger partial charge in [-0.2, -0.15) is 0 Å². The summed E-state index contributed by atoms with van der Waals surface area (Å²) >= 11 is 0. The number of aliphatic hydroxyl groups excluding tert-OH is 1. The fourth-order valence-electron chi connectivity index (χ4n) is 1.87. The van der Waals surface area contributed by atoms with Gasteiger partial charge in [-0.1, -0.05) is 29.8 Å². The molecule has 110 valence electrons. The Bertz CT molecular complexity index is 608. The normalized spacial score (nSPS) is 11.8. The molecule has 0 radical (unpaired) electrons. The van der Waals surface area contributed by atoms with Crippen molar-refractivity contribution >= 4 is 11.6 Å². The Kier molecular flexibility index (Phi) is 4.95. The molecular formula is C17H19NO3. The summed E-state index contributed by atoms with van der Waals surface area (Å²) in [5, 5.41) is 11.9. The Hall–Kier alpha value is -2.33. The lowest BCUT2D eigenvalue weighted by molar-refractivity contribution is -0.122. The van der Waals surface area contributed by atoms with E-state index in [1.165, 1.54) is 0 Å². The van der Waals surface area contributed by atoms with Crippen molar-refractivity contribution in [3.63, 3.8) is 0 Å². The molecule has 2 rings (SSSR count). The van der Waals surface area contributed by atoms with Crippen LogP contribution in [-0.2, 0) is 11.4 Å². The van der Waals surface area contributed by atoms with E-state index in [2.05, 4.69) is 5.32 Å². The Labute approximate surface area is 124 Å². The maximum absolute atomic E-state index is 12.1. The van der Waals surface area contributed by atoms with Crippen LogP contribution >= 0.6 is 0 Å². The number of hydrogen-bond acceptors (Lipinski definition) is 3. The van der Waals surface area contributed by atoms with E-state index in [9.17, 15) is 4.79 Å². The quantitative estimate of drug-likeness (QED) is 0.888. The molecule has 1 atom stereocenters. The van der Waals surface area contributed by atoms with Crippen LogP contribution in [0.1, 0.15) is 18.1 Å². The largest absolute Gasteiger partial charge is 0.481 e. The average Bonchev–Trinajstić information content (AvgIpc) is 2.49. The number of aryl methyl sites for hydroxylation is 1. The molecule has 1 amide bonds. The molecule has 4 heteroatoms. The molecule has 4 nitrogen and oxygen atoms in total. The second kappa shape index (κ2) is 6.90. The summed E-state index contributed by atoms with van der Waals surface area (Å²) in [6, 6.07) is 14.6. The molecule has 2 aromatic carbocycles. The standard InChI is InChI=1S/C17H19NO3/c1-12-6-8-16(9-7-12)21-13(2)17(20)18-15-5-3-4-14(10-15)11-19/h3-10,13,19H,11H2,1-2H3,(H,18,20). The zero-order valence-electron chi connectivity index (χ0n) is 12.2. The monoisotopic (exact) mass is 285 g/mol. The van der Waals surface area contributed by atoms with Gasteiger partial charge in [-0.15, -0.1) is 0 Å². The van der Waals surface area contributed by atoms with Crippen molar-refractivity contribution < 1.29 is 14.6 Å². The van der Waals surface area contributed by atoms with E-state index >= 15 is 0 Å². The number of ether oxygens (including phenoxy) is 1. The number of amides is 1. The number of anilines is 1. The van der Waals surface area contributed by atoms with Crippen molar-refractivity contribution in [2.45, 2.75) is 26.6 Å². The summed E-state index contributed by atoms with van der Waals surface area (Å²) in [6.07, 6.45) is -0.606. The van der Waals surface area contributed by atoms with Gasteiger partial charge in [0, 0.05) is 5.69 Å². The number of aliphatic hydroxyl groups is 1. The van der Waals surface area contributed by atoms with E-state index in [0.29, 0.717) is 11.4 Å². The predicted molar refractivity (Wildman–Crippen MR) is 82.3 cm³/mol. The molecule has 0 bridgehead atoms. The van der Waals surface area contributed by atoms with Crippen molar-refractivity contribution in [1.29, 1.82) is 0 Å². The van der Waals surface area contributed by atoms with Crippen molar-refractivity contribution in [2.75, 3.05) is 5.32 Å². The van der Waals surface area contributed by atoms with E-state index in [0.717, 1.165) is 11.1 Å². The first kappa shape index (κ1) is 15.1. The van der Waals surface area contributed by atoms with Gasteiger partial charge in [-0.25, -0.2) is 0 Å². The second-order valence-corrected chi connectivity index (χ2v) is 4.92. The van der Waals surface area contributed by atoms with Crippen LogP contribution in [-0.4, -0.2) is 17.1 Å². The predicted octanol–water partition coefficient (Wildman–Crippen LogP) is 2.89. The molecule has 0 fully saturated rings. The summed E-state index contributed by atoms with van der Waals surface area (Å²) in [5.74, 6) is 0.429. The summed E-state index contributed by atoms with van der Waals surface area (Å²) < 4.78 is 5.60. The lowest BCUT2D eigenvalue weighted by atomic mass is 10.2. The van der Waals surface area contributed by atoms with Gasteiger partial charge in [0.1, 0.15) is 5.75 Å². The Morgan fingerprint density at radius 2 is 1.95 bits per heavy atom. The summed E-state index contributed by atoms with van der Waals surface area (Å²) in [7, 11) is 0. The van der Waals surface area contributed by atoms with Crippen LogP contribution < -0.4 is 10.1 Å². The van der Waals surface area contributed by atoms with Gasteiger partial charge in [-0.3, -0.25) is 4.79 Å². The highest BCUT2D eigenvalue weighted by atomic mass is 16.5. The van der Waals surface area contributed by atoms with Gasteiger partial charge in [0.15, 0.2) is 6.10 Å². The molecule has 0 aliphatic heterocycles. The van der Waals surface area contributed by atoms with Crippen LogP contribution in [0.3, 0.4) is 0 Å². The molecule has 0 heterocycles. The van der Waals surface area contributed by atoms with Crippen LogP contribution in [0.2, 0.25) is 0 Å². The van der Waals surface area contributed by atoms with Crippen molar-refractivity contribution in [3.8, 4) is 5.75 Å². The second-order valence-electron chi connectivity index (χ2n) is 4.92. The summed E-state index contributed by atoms with van der Waals surface area (Å²) in [6.45, 7) is 3.64. The lowest BCUT2D eigenvalue weighted by Crippen LogP contribution is -2.30.